The van der Waals surface area contributed by atoms with Gasteiger partial charge in [-0.05, 0) is 43.0 Å². The van der Waals surface area contributed by atoms with E-state index in [1.165, 1.54) is 19.2 Å². The second-order valence-corrected chi connectivity index (χ2v) is 8.90. The van der Waals surface area contributed by atoms with Gasteiger partial charge in [-0.2, -0.15) is 13.2 Å². The molecule has 3 rings (SSSR count). The van der Waals surface area contributed by atoms with E-state index in [4.69, 9.17) is 4.74 Å². The first-order chi connectivity index (χ1) is 15.0. The normalized spacial score (nSPS) is 11.7. The van der Waals surface area contributed by atoms with Gasteiger partial charge in [0, 0.05) is 17.7 Å². The number of aromatic nitrogens is 1. The number of anilines is 1. The number of rotatable bonds is 6. The third-order valence-electron chi connectivity index (χ3n) is 4.62. The Bertz CT molecular complexity index is 1330. The number of nitrogens with one attached hydrogen (secondary N) is 1. The van der Waals surface area contributed by atoms with Crippen LogP contribution < -0.4 is 10.1 Å². The first-order valence-electron chi connectivity index (χ1n) is 9.30. The van der Waals surface area contributed by atoms with Crippen molar-refractivity contribution in [3.8, 4) is 17.6 Å². The van der Waals surface area contributed by atoms with E-state index in [9.17, 15) is 21.6 Å². The fourth-order valence-electron chi connectivity index (χ4n) is 3.18. The summed E-state index contributed by atoms with van der Waals surface area (Å²) in [6.07, 6.45) is -3.33. The van der Waals surface area contributed by atoms with Crippen LogP contribution in [0, 0.1) is 11.8 Å². The van der Waals surface area contributed by atoms with Gasteiger partial charge in [0.25, 0.3) is 0 Å². The van der Waals surface area contributed by atoms with Gasteiger partial charge in [-0.25, -0.2) is 8.42 Å². The van der Waals surface area contributed by atoms with E-state index in [0.717, 1.165) is 10.8 Å². The molecule has 3 aromatic rings. The van der Waals surface area contributed by atoms with Crippen molar-refractivity contribution in [3.05, 3.63) is 48.2 Å². The first kappa shape index (κ1) is 23.2. The van der Waals surface area contributed by atoms with Gasteiger partial charge in [-0.3, -0.25) is 4.99 Å². The average molecular weight is 463 g/mol. The number of alkyl halides is 3. The second-order valence-electron chi connectivity index (χ2n) is 6.89. The number of sulfone groups is 1. The lowest BCUT2D eigenvalue weighted by molar-refractivity contribution is -0.140. The Morgan fingerprint density at radius 2 is 1.97 bits per heavy atom. The number of fused-ring (bicyclic) bond motifs is 1. The monoisotopic (exact) mass is 463 g/mol. The maximum atomic E-state index is 13.1. The van der Waals surface area contributed by atoms with Crippen LogP contribution in [0.1, 0.15) is 5.69 Å². The van der Waals surface area contributed by atoms with Crippen molar-refractivity contribution < 1.29 is 26.3 Å². The van der Waals surface area contributed by atoms with Crippen molar-refractivity contribution in [2.45, 2.75) is 17.6 Å². The molecule has 0 amide bonds. The van der Waals surface area contributed by atoms with E-state index in [1.54, 1.807) is 30.3 Å². The third-order valence-corrected chi connectivity index (χ3v) is 5.73. The molecule has 0 fully saturated rings. The van der Waals surface area contributed by atoms with E-state index in [1.807, 2.05) is 0 Å². The molecule has 6 nitrogen and oxygen atoms in total. The predicted molar refractivity (Wildman–Crippen MR) is 119 cm³/mol. The largest absolute Gasteiger partial charge is 0.495 e. The summed E-state index contributed by atoms with van der Waals surface area (Å²) >= 11 is 0. The van der Waals surface area contributed by atoms with Crippen LogP contribution in [0.4, 0.5) is 24.5 Å². The molecule has 1 N–H and O–H groups in total. The van der Waals surface area contributed by atoms with Crippen LogP contribution in [0.25, 0.3) is 10.9 Å². The lowest BCUT2D eigenvalue weighted by atomic mass is 10.2. The lowest BCUT2D eigenvalue weighted by Crippen LogP contribution is -2.18. The summed E-state index contributed by atoms with van der Waals surface area (Å²) in [4.78, 5) is 3.97. The van der Waals surface area contributed by atoms with Crippen LogP contribution in [-0.2, 0) is 16.4 Å². The molecule has 32 heavy (non-hydrogen) atoms. The SMILES string of the molecule is C=Nc1cccc2c1cc(C#CCNc1ccc(S(C)(=O)=O)cc1OC)n2CC(F)(F)F. The summed E-state index contributed by atoms with van der Waals surface area (Å²) in [7, 11) is -1.99. The highest BCUT2D eigenvalue weighted by Gasteiger charge is 2.29. The molecule has 0 atom stereocenters. The minimum absolute atomic E-state index is 0.0920. The highest BCUT2D eigenvalue weighted by molar-refractivity contribution is 7.90. The maximum Gasteiger partial charge on any atom is 0.406 e. The highest BCUT2D eigenvalue weighted by atomic mass is 32.2. The average Bonchev–Trinajstić information content (AvgIpc) is 3.06. The van der Waals surface area contributed by atoms with Gasteiger partial charge < -0.3 is 14.6 Å². The molecular formula is C22H20F3N3O3S. The van der Waals surface area contributed by atoms with E-state index in [0.29, 0.717) is 28.0 Å². The Balaban J connectivity index is 1.89. The van der Waals surface area contributed by atoms with Crippen LogP contribution in [0.15, 0.2) is 52.4 Å². The van der Waals surface area contributed by atoms with Gasteiger partial charge in [-0.15, -0.1) is 0 Å². The molecule has 2 aromatic carbocycles. The summed E-state index contributed by atoms with van der Waals surface area (Å²) < 4.78 is 69.1. The number of hydrogen-bond donors (Lipinski definition) is 1. The molecule has 0 saturated heterocycles. The molecule has 0 aliphatic heterocycles. The minimum Gasteiger partial charge on any atom is -0.495 e. The Kier molecular flexibility index (Phi) is 6.50. The maximum absolute atomic E-state index is 13.1. The zero-order valence-corrected chi connectivity index (χ0v) is 18.1. The summed E-state index contributed by atoms with van der Waals surface area (Å²) in [6.45, 7) is 2.37. The van der Waals surface area contributed by atoms with Gasteiger partial charge in [-0.1, -0.05) is 12.0 Å². The van der Waals surface area contributed by atoms with E-state index >= 15 is 0 Å². The fourth-order valence-corrected chi connectivity index (χ4v) is 3.82. The number of ether oxygens (including phenoxy) is 1. The van der Waals surface area contributed by atoms with Crippen molar-refractivity contribution in [3.63, 3.8) is 0 Å². The fraction of sp³-hybridized carbons (Fsp3) is 0.227. The molecule has 0 aliphatic carbocycles. The molecule has 168 valence electrons. The van der Waals surface area contributed by atoms with E-state index in [2.05, 4.69) is 28.9 Å². The molecule has 0 unspecified atom stereocenters. The number of halogens is 3. The molecule has 1 heterocycles. The number of aliphatic imine (C=N–C) groups is 1. The zero-order valence-electron chi connectivity index (χ0n) is 17.3. The van der Waals surface area contributed by atoms with E-state index in [-0.39, 0.29) is 17.1 Å². The van der Waals surface area contributed by atoms with Crippen LogP contribution >= 0.6 is 0 Å². The number of hydrogen-bond acceptors (Lipinski definition) is 5. The summed E-state index contributed by atoms with van der Waals surface area (Å²) in [6, 6.07) is 10.8. The second kappa shape index (κ2) is 8.96. The summed E-state index contributed by atoms with van der Waals surface area (Å²) in [5, 5.41) is 3.51. The minimum atomic E-state index is -4.42. The Labute approximate surface area is 183 Å². The smallest absolute Gasteiger partial charge is 0.406 e. The first-order valence-corrected chi connectivity index (χ1v) is 11.2. The molecule has 1 aromatic heterocycles. The predicted octanol–water partition coefficient (Wildman–Crippen LogP) is 4.41. The quantitative estimate of drug-likeness (QED) is 0.434. The van der Waals surface area contributed by atoms with Crippen molar-refractivity contribution in [1.82, 2.24) is 4.57 Å². The Hall–Kier alpha value is -3.45. The van der Waals surface area contributed by atoms with Crippen molar-refractivity contribution in [2.24, 2.45) is 4.99 Å². The molecule has 10 heteroatoms. The molecule has 0 radical (unpaired) electrons. The number of nitrogens with zero attached hydrogens (tertiary/aromatic N) is 2. The van der Waals surface area contributed by atoms with Gasteiger partial charge in [0.1, 0.15) is 12.3 Å². The Morgan fingerprint density at radius 3 is 2.59 bits per heavy atom. The van der Waals surface area contributed by atoms with Crippen molar-refractivity contribution >= 4 is 38.8 Å². The molecule has 0 bridgehead atoms. The van der Waals surface area contributed by atoms with Crippen LogP contribution in [0.5, 0.6) is 5.75 Å². The standard InChI is InChI=1S/C22H20F3N3O3S/c1-26-18-7-4-8-20-17(18)12-15(28(20)14-22(23,24)25)6-5-11-27-19-10-9-16(32(3,29)30)13-21(19)31-2/h4,7-10,12-13,27H,1,11,14H2,2-3H3. The van der Waals surface area contributed by atoms with Gasteiger partial charge >= 0.3 is 6.18 Å². The Morgan fingerprint density at radius 1 is 1.22 bits per heavy atom. The molecule has 0 aliphatic rings. The van der Waals surface area contributed by atoms with E-state index < -0.39 is 22.6 Å². The van der Waals surface area contributed by atoms with Crippen molar-refractivity contribution in [1.29, 1.82) is 0 Å². The van der Waals surface area contributed by atoms with Gasteiger partial charge in [0.05, 0.1) is 41.1 Å². The summed E-state index contributed by atoms with van der Waals surface area (Å²) in [5.41, 5.74) is 1.53. The zero-order chi connectivity index (χ0) is 23.5. The molecular weight excluding hydrogens is 443 g/mol. The lowest BCUT2D eigenvalue weighted by Gasteiger charge is -2.11. The van der Waals surface area contributed by atoms with Crippen LogP contribution in [0.2, 0.25) is 0 Å². The highest BCUT2D eigenvalue weighted by Crippen LogP contribution is 2.31. The third kappa shape index (κ3) is 5.23. The van der Waals surface area contributed by atoms with Crippen LogP contribution in [0.3, 0.4) is 0 Å². The number of benzene rings is 2. The van der Waals surface area contributed by atoms with Crippen LogP contribution in [-0.4, -0.2) is 45.8 Å². The van der Waals surface area contributed by atoms with Gasteiger partial charge in [0.2, 0.25) is 0 Å². The number of methoxy groups -OCH3 is 1. The van der Waals surface area contributed by atoms with Gasteiger partial charge in [0.15, 0.2) is 9.84 Å². The van der Waals surface area contributed by atoms with Crippen molar-refractivity contribution in [2.75, 3.05) is 25.2 Å². The molecule has 0 saturated carbocycles. The topological polar surface area (TPSA) is 72.7 Å². The summed E-state index contributed by atoms with van der Waals surface area (Å²) in [5.74, 6) is 5.88. The molecule has 0 spiro atoms.